The molecule has 50 heavy (non-hydrogen) atoms. The molecule has 7 nitrogen and oxygen atoms in total. The molecule has 14 heteroatoms. The predicted octanol–water partition coefficient (Wildman–Crippen LogP) is 11.4. The van der Waals surface area contributed by atoms with E-state index in [1.165, 1.54) is 31.2 Å². The predicted molar refractivity (Wildman–Crippen MR) is 193 cm³/mol. The van der Waals surface area contributed by atoms with Crippen LogP contribution in [0.25, 0.3) is 33.1 Å². The number of hydrogen-bond donors (Lipinski definition) is 0. The number of piperidine rings is 1. The van der Waals surface area contributed by atoms with Gasteiger partial charge < -0.3 is 18.6 Å². The molecule has 0 radical (unpaired) electrons. The van der Waals surface area contributed by atoms with Crippen LogP contribution in [0.5, 0.6) is 0 Å². The maximum atomic E-state index is 16.5. The maximum absolute atomic E-state index is 16.5. The molecule has 0 saturated carbocycles. The molecule has 272 valence electrons. The summed E-state index contributed by atoms with van der Waals surface area (Å²) < 4.78 is 73.2. The van der Waals surface area contributed by atoms with Crippen LogP contribution < -0.4 is 0 Å². The molecule has 0 spiro atoms. The van der Waals surface area contributed by atoms with Crippen molar-refractivity contribution in [2.75, 3.05) is 13.2 Å². The number of nitrogens with zero attached hydrogens (tertiary/aromatic N) is 4. The number of pyridine rings is 1. The first kappa shape index (κ1) is 38.3. The molecule has 1 fully saturated rings. The second kappa shape index (κ2) is 13.6. The van der Waals surface area contributed by atoms with Crippen LogP contribution in [0.1, 0.15) is 78.0 Å². The largest absolute Gasteiger partial charge is 0.444 e. The van der Waals surface area contributed by atoms with E-state index in [4.69, 9.17) is 32.4 Å². The molecule has 1 saturated heterocycles. The smallest absolute Gasteiger partial charge is 0.417 e. The number of hydrogen-bond acceptors (Lipinski definition) is 5. The van der Waals surface area contributed by atoms with Crippen molar-refractivity contribution in [2.45, 2.75) is 110 Å². The van der Waals surface area contributed by atoms with Crippen molar-refractivity contribution in [1.29, 1.82) is 0 Å². The Hall–Kier alpha value is -2.93. The summed E-state index contributed by atoms with van der Waals surface area (Å²) >= 11 is 13.2. The number of ether oxygens (including phenoxy) is 1. The first-order valence-electron chi connectivity index (χ1n) is 16.7. The van der Waals surface area contributed by atoms with Crippen LogP contribution in [0.15, 0.2) is 30.6 Å². The molecule has 0 unspecified atom stereocenters. The van der Waals surface area contributed by atoms with E-state index in [2.05, 4.69) is 43.8 Å². The van der Waals surface area contributed by atoms with Crippen LogP contribution >= 0.6 is 23.2 Å². The zero-order valence-corrected chi connectivity index (χ0v) is 32.4. The van der Waals surface area contributed by atoms with Crippen LogP contribution in [0.3, 0.4) is 0 Å². The number of likely N-dealkylation sites (tertiary alicyclic amines) is 1. The lowest BCUT2D eigenvalue weighted by Gasteiger charge is -2.41. The van der Waals surface area contributed by atoms with Gasteiger partial charge in [0.2, 0.25) is 0 Å². The number of carbonyl (C=O) groups excluding carboxylic acids is 1. The van der Waals surface area contributed by atoms with Crippen molar-refractivity contribution < 1.29 is 31.5 Å². The Morgan fingerprint density at radius 1 is 1.08 bits per heavy atom. The molecule has 1 aliphatic rings. The van der Waals surface area contributed by atoms with E-state index < -0.39 is 43.1 Å². The highest BCUT2D eigenvalue weighted by molar-refractivity contribution is 6.74. The highest BCUT2D eigenvalue weighted by atomic mass is 35.5. The topological polar surface area (TPSA) is 69.5 Å². The van der Waals surface area contributed by atoms with Crippen molar-refractivity contribution >= 4 is 59.5 Å². The fourth-order valence-electron chi connectivity index (χ4n) is 6.39. The number of fused-ring (bicyclic) bond motifs is 3. The number of alkyl halides is 3. The van der Waals surface area contributed by atoms with Gasteiger partial charge in [0.25, 0.3) is 0 Å². The van der Waals surface area contributed by atoms with E-state index in [9.17, 15) is 18.0 Å². The van der Waals surface area contributed by atoms with Crippen LogP contribution in [0.2, 0.25) is 28.3 Å². The summed E-state index contributed by atoms with van der Waals surface area (Å²) in [4.78, 5) is 23.9. The van der Waals surface area contributed by atoms with Crippen molar-refractivity contribution in [3.8, 4) is 11.1 Å². The lowest BCUT2D eigenvalue weighted by molar-refractivity contribution is -0.137. The van der Waals surface area contributed by atoms with Crippen LogP contribution in [0, 0.1) is 12.7 Å². The Balaban J connectivity index is 1.58. The summed E-state index contributed by atoms with van der Waals surface area (Å²) in [6.45, 7) is 18.5. The van der Waals surface area contributed by atoms with Gasteiger partial charge in [-0.1, -0.05) is 62.2 Å². The van der Waals surface area contributed by atoms with Gasteiger partial charge >= 0.3 is 12.3 Å². The minimum atomic E-state index is -4.75. The normalized spacial score (nSPS) is 17.9. The van der Waals surface area contributed by atoms with Crippen LogP contribution in [-0.4, -0.2) is 58.6 Å². The summed E-state index contributed by atoms with van der Waals surface area (Å²) in [7, 11) is -2.06. The molecule has 4 aromatic rings. The Morgan fingerprint density at radius 2 is 1.76 bits per heavy atom. The molecule has 2 aromatic heterocycles. The van der Waals surface area contributed by atoms with Gasteiger partial charge in [-0.2, -0.15) is 13.2 Å². The molecule has 5 rings (SSSR count). The summed E-state index contributed by atoms with van der Waals surface area (Å²) in [5.74, 6) is -1.01. The third-order valence-electron chi connectivity index (χ3n) is 9.90. The zero-order valence-electron chi connectivity index (χ0n) is 29.9. The average Bonchev–Trinajstić information content (AvgIpc) is 3.42. The number of halogens is 6. The second-order valence-electron chi connectivity index (χ2n) is 15.6. The quantitative estimate of drug-likeness (QED) is 0.111. The molecule has 0 bridgehead atoms. The molecule has 2 aromatic carbocycles. The molecular formula is C36H44Cl2F4N4O3Si. The third kappa shape index (κ3) is 7.49. The highest BCUT2D eigenvalue weighted by Crippen LogP contribution is 2.46. The molecular weight excluding hydrogens is 711 g/mol. The first-order valence-corrected chi connectivity index (χ1v) is 20.3. The summed E-state index contributed by atoms with van der Waals surface area (Å²) in [5, 5.41) is -0.0168. The first-order chi connectivity index (χ1) is 23.0. The van der Waals surface area contributed by atoms with Gasteiger partial charge in [-0.05, 0) is 82.3 Å². The van der Waals surface area contributed by atoms with E-state index in [1.807, 2.05) is 25.3 Å². The molecule has 1 aliphatic heterocycles. The lowest BCUT2D eigenvalue weighted by atomic mass is 9.93. The maximum Gasteiger partial charge on any atom is 0.417 e. The monoisotopic (exact) mass is 754 g/mol. The van der Waals surface area contributed by atoms with E-state index in [1.54, 1.807) is 11.2 Å². The van der Waals surface area contributed by atoms with Crippen molar-refractivity contribution in [1.82, 2.24) is 19.4 Å². The average molecular weight is 756 g/mol. The SMILES string of the molecule is Cc1cccc(-c2c(Cl)cc3c(nc(Cl)c4ncn([C@H]5CCN(C(=O)OC(C)(C)C)[C@H](CCO[Si](C)(C)C(C)(C)C)C5)c43)c2F)c1C(F)(F)F. The van der Waals surface area contributed by atoms with Crippen LogP contribution in [-0.2, 0) is 15.3 Å². The number of benzene rings is 2. The molecule has 1 amide bonds. The van der Waals surface area contributed by atoms with Gasteiger partial charge in [0, 0.05) is 36.2 Å². The van der Waals surface area contributed by atoms with Gasteiger partial charge in [0.05, 0.1) is 22.4 Å². The number of aromatic nitrogens is 3. The zero-order chi connectivity index (χ0) is 37.1. The van der Waals surface area contributed by atoms with E-state index in [0.29, 0.717) is 43.4 Å². The molecule has 0 aliphatic carbocycles. The van der Waals surface area contributed by atoms with E-state index in [0.717, 1.165) is 0 Å². The molecule has 3 heterocycles. The Morgan fingerprint density at radius 3 is 2.38 bits per heavy atom. The second-order valence-corrected chi connectivity index (χ2v) is 21.2. The van der Waals surface area contributed by atoms with Gasteiger partial charge in [-0.3, -0.25) is 0 Å². The minimum Gasteiger partial charge on any atom is -0.444 e. The highest BCUT2D eigenvalue weighted by Gasteiger charge is 2.40. The Bertz CT molecular complexity index is 1940. The van der Waals surface area contributed by atoms with Gasteiger partial charge in [0.1, 0.15) is 16.6 Å². The fourth-order valence-corrected chi connectivity index (χ4v) is 7.97. The Labute approximate surface area is 301 Å². The summed E-state index contributed by atoms with van der Waals surface area (Å²) in [5.41, 5.74) is -1.96. The van der Waals surface area contributed by atoms with Gasteiger partial charge in [-0.25, -0.2) is 19.2 Å². The number of imidazole rings is 1. The number of rotatable bonds is 6. The Kier molecular flexibility index (Phi) is 10.4. The fraction of sp³-hybridized carbons (Fsp3) is 0.528. The molecule has 2 atom stereocenters. The summed E-state index contributed by atoms with van der Waals surface area (Å²) in [6, 6.07) is 4.93. The van der Waals surface area contributed by atoms with Gasteiger partial charge in [-0.15, -0.1) is 0 Å². The summed E-state index contributed by atoms with van der Waals surface area (Å²) in [6.07, 6.45) is -1.94. The number of aryl methyl sites for hydroxylation is 1. The van der Waals surface area contributed by atoms with E-state index >= 15 is 4.39 Å². The van der Waals surface area contributed by atoms with Crippen LogP contribution in [0.4, 0.5) is 22.4 Å². The standard InChI is InChI=1S/C36H44Cl2F4N4O3Si/c1-20-11-10-12-23(27(20)36(40,41)42)26-25(37)18-24-29(28(26)39)44-32(38)30-31(24)46(19-43-30)21-13-15-45(33(47)49-34(2,3)4)22(17-21)14-16-48-50(8,9)35(5,6)7/h10-12,18-19,21-22H,13-17H2,1-9H3/t21-,22+/m0/s1. The number of amides is 1. The van der Waals surface area contributed by atoms with E-state index in [-0.39, 0.29) is 49.3 Å². The van der Waals surface area contributed by atoms with Crippen molar-refractivity contribution in [2.24, 2.45) is 0 Å². The lowest BCUT2D eigenvalue weighted by Crippen LogP contribution is -2.49. The molecule has 0 N–H and O–H groups in total. The van der Waals surface area contributed by atoms with Crippen molar-refractivity contribution in [3.63, 3.8) is 0 Å². The minimum absolute atomic E-state index is 0.0150. The van der Waals surface area contributed by atoms with Crippen molar-refractivity contribution in [3.05, 3.63) is 57.7 Å². The van der Waals surface area contributed by atoms with Gasteiger partial charge in [0.15, 0.2) is 19.3 Å². The third-order valence-corrected chi connectivity index (χ3v) is 15.0. The number of carbonyl (C=O) groups is 1.